The van der Waals surface area contributed by atoms with Gasteiger partial charge in [-0.25, -0.2) is 4.98 Å². The summed E-state index contributed by atoms with van der Waals surface area (Å²) >= 11 is 1.62. The fourth-order valence-corrected chi connectivity index (χ4v) is 4.78. The lowest BCUT2D eigenvalue weighted by atomic mass is 9.85. The molecule has 3 aliphatic rings. The molecule has 1 amide bonds. The average Bonchev–Trinajstić information content (AvgIpc) is 3.24. The molecule has 1 aliphatic heterocycles. The third-order valence-corrected chi connectivity index (χ3v) is 5.98. The van der Waals surface area contributed by atoms with Gasteiger partial charge >= 0.3 is 0 Å². The average molecular weight is 314 g/mol. The molecule has 1 unspecified atom stereocenters. The number of carbonyl (C=O) groups excluding carboxylic acids is 1. The molecule has 1 fully saturated rings. The van der Waals surface area contributed by atoms with E-state index < -0.39 is 0 Å². The monoisotopic (exact) mass is 314 g/mol. The van der Waals surface area contributed by atoms with Gasteiger partial charge < -0.3 is 4.90 Å². The van der Waals surface area contributed by atoms with Crippen molar-refractivity contribution in [1.82, 2.24) is 9.88 Å². The number of hydrogen-bond acceptors (Lipinski definition) is 3. The second kappa shape index (κ2) is 5.99. The first-order valence-electron chi connectivity index (χ1n) is 8.50. The van der Waals surface area contributed by atoms with Gasteiger partial charge in [0.1, 0.15) is 10.7 Å². The lowest BCUT2D eigenvalue weighted by Gasteiger charge is -2.37. The number of thiazole rings is 1. The number of fused-ring (bicyclic) bond motifs is 1. The quantitative estimate of drug-likeness (QED) is 0.797. The van der Waals surface area contributed by atoms with E-state index in [9.17, 15) is 4.79 Å². The number of likely N-dealkylation sites (tertiary alicyclic amines) is 1. The molecule has 1 atom stereocenters. The molecule has 4 heteroatoms. The lowest BCUT2D eigenvalue weighted by molar-refractivity contribution is 0.0744. The van der Waals surface area contributed by atoms with Crippen LogP contribution in [0.2, 0.25) is 0 Å². The van der Waals surface area contributed by atoms with E-state index in [1.54, 1.807) is 11.3 Å². The SMILES string of the molecule is O=C(c1csc(C2=CCCC2)n1)N1CCCC2CCCC=C21. The van der Waals surface area contributed by atoms with E-state index in [0.717, 1.165) is 37.2 Å². The molecule has 1 aromatic heterocycles. The van der Waals surface area contributed by atoms with E-state index in [-0.39, 0.29) is 5.91 Å². The molecule has 0 spiro atoms. The molecular formula is C18H22N2OS. The lowest BCUT2D eigenvalue weighted by Crippen LogP contribution is -2.39. The summed E-state index contributed by atoms with van der Waals surface area (Å²) < 4.78 is 0. The minimum atomic E-state index is 0.110. The number of nitrogens with zero attached hydrogens (tertiary/aromatic N) is 2. The Bertz CT molecular complexity index is 643. The number of piperidine rings is 1. The summed E-state index contributed by atoms with van der Waals surface area (Å²) in [7, 11) is 0. The van der Waals surface area contributed by atoms with E-state index in [4.69, 9.17) is 0 Å². The minimum Gasteiger partial charge on any atom is -0.311 e. The molecule has 4 rings (SSSR count). The maximum Gasteiger partial charge on any atom is 0.277 e. The van der Waals surface area contributed by atoms with Crippen LogP contribution in [-0.2, 0) is 0 Å². The topological polar surface area (TPSA) is 33.2 Å². The number of carbonyl (C=O) groups is 1. The summed E-state index contributed by atoms with van der Waals surface area (Å²) in [6, 6.07) is 0. The van der Waals surface area contributed by atoms with Crippen molar-refractivity contribution in [3.8, 4) is 0 Å². The predicted octanol–water partition coefficient (Wildman–Crippen LogP) is 4.63. The smallest absolute Gasteiger partial charge is 0.277 e. The molecule has 0 saturated carbocycles. The number of rotatable bonds is 2. The van der Waals surface area contributed by atoms with Crippen LogP contribution in [0.4, 0.5) is 0 Å². The van der Waals surface area contributed by atoms with Crippen molar-refractivity contribution in [2.45, 2.75) is 51.4 Å². The molecule has 0 radical (unpaired) electrons. The van der Waals surface area contributed by atoms with Crippen LogP contribution in [0.1, 0.15) is 66.9 Å². The van der Waals surface area contributed by atoms with Crippen LogP contribution in [0.5, 0.6) is 0 Å². The van der Waals surface area contributed by atoms with Crippen molar-refractivity contribution >= 4 is 22.8 Å². The summed E-state index contributed by atoms with van der Waals surface area (Å²) in [6.07, 6.45) is 14.0. The Morgan fingerprint density at radius 1 is 1.18 bits per heavy atom. The highest BCUT2D eigenvalue weighted by Crippen LogP contribution is 2.36. The van der Waals surface area contributed by atoms with Crippen LogP contribution in [0.3, 0.4) is 0 Å². The van der Waals surface area contributed by atoms with Crippen molar-refractivity contribution in [1.29, 1.82) is 0 Å². The van der Waals surface area contributed by atoms with Crippen molar-refractivity contribution in [2.75, 3.05) is 6.54 Å². The van der Waals surface area contributed by atoms with E-state index in [0.29, 0.717) is 11.6 Å². The van der Waals surface area contributed by atoms with Gasteiger partial charge in [-0.2, -0.15) is 0 Å². The Hall–Kier alpha value is -1.42. The van der Waals surface area contributed by atoms with Gasteiger partial charge in [0.25, 0.3) is 5.91 Å². The second-order valence-electron chi connectivity index (χ2n) is 6.52. The Balaban J connectivity index is 1.57. The largest absolute Gasteiger partial charge is 0.311 e. The van der Waals surface area contributed by atoms with Gasteiger partial charge in [0.05, 0.1) is 0 Å². The second-order valence-corrected chi connectivity index (χ2v) is 7.37. The molecule has 0 aromatic carbocycles. The zero-order valence-electron chi connectivity index (χ0n) is 12.9. The predicted molar refractivity (Wildman–Crippen MR) is 89.6 cm³/mol. The molecule has 1 aromatic rings. The summed E-state index contributed by atoms with van der Waals surface area (Å²) in [5.41, 5.74) is 3.24. The number of hydrogen-bond donors (Lipinski definition) is 0. The first kappa shape index (κ1) is 14.2. The van der Waals surface area contributed by atoms with E-state index >= 15 is 0 Å². The highest BCUT2D eigenvalue weighted by molar-refractivity contribution is 7.11. The number of aromatic nitrogens is 1. The van der Waals surface area contributed by atoms with Gasteiger partial charge in [0.15, 0.2) is 0 Å². The van der Waals surface area contributed by atoms with Gasteiger partial charge in [-0.15, -0.1) is 11.3 Å². The molecule has 1 saturated heterocycles. The number of amides is 1. The zero-order chi connectivity index (χ0) is 14.9. The van der Waals surface area contributed by atoms with Crippen LogP contribution < -0.4 is 0 Å². The van der Waals surface area contributed by atoms with Crippen molar-refractivity contribution in [2.24, 2.45) is 5.92 Å². The standard InChI is InChI=1S/C18H22N2OS/c21-18(15-12-22-17(19-15)14-7-1-2-8-14)20-11-5-9-13-6-3-4-10-16(13)20/h7,10,12-13H,1-6,8-9,11H2. The first-order chi connectivity index (χ1) is 10.8. The molecule has 0 N–H and O–H groups in total. The summed E-state index contributed by atoms with van der Waals surface area (Å²) in [6.45, 7) is 0.858. The highest BCUT2D eigenvalue weighted by Gasteiger charge is 2.31. The molecular weight excluding hydrogens is 292 g/mol. The zero-order valence-corrected chi connectivity index (χ0v) is 13.7. The van der Waals surface area contributed by atoms with Crippen molar-refractivity contribution < 1.29 is 4.79 Å². The summed E-state index contributed by atoms with van der Waals surface area (Å²) in [5, 5.41) is 3.00. The fourth-order valence-electron chi connectivity index (χ4n) is 3.92. The molecule has 3 nitrogen and oxygen atoms in total. The highest BCUT2D eigenvalue weighted by atomic mass is 32.1. The molecule has 2 aliphatic carbocycles. The Morgan fingerprint density at radius 3 is 2.91 bits per heavy atom. The molecule has 22 heavy (non-hydrogen) atoms. The van der Waals surface area contributed by atoms with Crippen LogP contribution >= 0.6 is 11.3 Å². The fraction of sp³-hybridized carbons (Fsp3) is 0.556. The van der Waals surface area contributed by atoms with Crippen LogP contribution in [0, 0.1) is 5.92 Å². The van der Waals surface area contributed by atoms with Gasteiger partial charge in [-0.05, 0) is 62.9 Å². The maximum atomic E-state index is 12.9. The summed E-state index contributed by atoms with van der Waals surface area (Å²) in [5.74, 6) is 0.709. The Kier molecular flexibility index (Phi) is 3.87. The number of allylic oxidation sites excluding steroid dienone is 4. The van der Waals surface area contributed by atoms with Crippen LogP contribution in [-0.4, -0.2) is 22.3 Å². The van der Waals surface area contributed by atoms with Gasteiger partial charge in [0.2, 0.25) is 0 Å². The normalized spacial score (nSPS) is 24.7. The summed E-state index contributed by atoms with van der Waals surface area (Å²) in [4.78, 5) is 19.5. The minimum absolute atomic E-state index is 0.110. The Labute approximate surface area is 135 Å². The Morgan fingerprint density at radius 2 is 2.05 bits per heavy atom. The maximum absolute atomic E-state index is 12.9. The third-order valence-electron chi connectivity index (χ3n) is 5.06. The van der Waals surface area contributed by atoms with Gasteiger partial charge in [0, 0.05) is 17.6 Å². The van der Waals surface area contributed by atoms with E-state index in [1.807, 2.05) is 10.3 Å². The molecule has 0 bridgehead atoms. The molecule has 2 heterocycles. The van der Waals surface area contributed by atoms with Crippen molar-refractivity contribution in [3.05, 3.63) is 33.9 Å². The van der Waals surface area contributed by atoms with Crippen LogP contribution in [0.25, 0.3) is 5.57 Å². The van der Waals surface area contributed by atoms with Crippen molar-refractivity contribution in [3.63, 3.8) is 0 Å². The van der Waals surface area contributed by atoms with E-state index in [1.165, 1.54) is 37.0 Å². The van der Waals surface area contributed by atoms with Crippen LogP contribution in [0.15, 0.2) is 23.2 Å². The molecule has 116 valence electrons. The van der Waals surface area contributed by atoms with Gasteiger partial charge in [-0.3, -0.25) is 4.79 Å². The third kappa shape index (κ3) is 2.54. The van der Waals surface area contributed by atoms with Gasteiger partial charge in [-0.1, -0.05) is 12.2 Å². The first-order valence-corrected chi connectivity index (χ1v) is 9.38. The van der Waals surface area contributed by atoms with E-state index in [2.05, 4.69) is 17.1 Å².